The molecule has 35 heavy (non-hydrogen) atoms. The number of benzene rings is 2. The number of furan rings is 1. The van der Waals surface area contributed by atoms with E-state index in [-0.39, 0.29) is 24.8 Å². The second kappa shape index (κ2) is 9.34. The van der Waals surface area contributed by atoms with Crippen molar-refractivity contribution >= 4 is 44.4 Å². The molecule has 1 amide bonds. The minimum Gasteiger partial charge on any atom is -0.481 e. The Kier molecular flexibility index (Phi) is 6.08. The predicted molar refractivity (Wildman–Crippen MR) is 134 cm³/mol. The molecule has 2 aromatic heterocycles. The van der Waals surface area contributed by atoms with Gasteiger partial charge in [-0.25, -0.2) is 5.01 Å². The van der Waals surface area contributed by atoms with E-state index < -0.39 is 17.9 Å². The number of halogens is 1. The Hall–Kier alpha value is -3.98. The summed E-state index contributed by atoms with van der Waals surface area (Å²) in [6.07, 6.45) is 1.22. The van der Waals surface area contributed by atoms with Crippen LogP contribution in [0.25, 0.3) is 22.0 Å². The molecule has 3 heterocycles. The normalized spacial score (nSPS) is 15.4. The van der Waals surface area contributed by atoms with Crippen molar-refractivity contribution in [1.82, 2.24) is 9.99 Å². The molecule has 9 heteroatoms. The summed E-state index contributed by atoms with van der Waals surface area (Å²) in [7, 11) is 0. The van der Waals surface area contributed by atoms with Gasteiger partial charge in [0, 0.05) is 33.8 Å². The van der Waals surface area contributed by atoms with Crippen molar-refractivity contribution in [2.75, 3.05) is 0 Å². The van der Waals surface area contributed by atoms with E-state index in [2.05, 4.69) is 26.0 Å². The van der Waals surface area contributed by atoms with Gasteiger partial charge in [0.2, 0.25) is 5.91 Å². The van der Waals surface area contributed by atoms with Gasteiger partial charge in [-0.15, -0.1) is 0 Å². The van der Waals surface area contributed by atoms with Gasteiger partial charge in [0.05, 0.1) is 24.0 Å². The van der Waals surface area contributed by atoms with Gasteiger partial charge in [0.15, 0.2) is 0 Å². The lowest BCUT2D eigenvalue weighted by molar-refractivity contribution is -0.141. The maximum absolute atomic E-state index is 13.4. The van der Waals surface area contributed by atoms with Crippen LogP contribution in [0.5, 0.6) is 0 Å². The van der Waals surface area contributed by atoms with Gasteiger partial charge in [-0.1, -0.05) is 46.3 Å². The summed E-state index contributed by atoms with van der Waals surface area (Å²) in [6, 6.07) is 18.0. The average molecular weight is 534 g/mol. The number of rotatable bonds is 6. The molecule has 0 saturated heterocycles. The Morgan fingerprint density at radius 1 is 1.09 bits per heavy atom. The van der Waals surface area contributed by atoms with Gasteiger partial charge in [0.25, 0.3) is 5.56 Å². The number of aromatic amines is 1. The summed E-state index contributed by atoms with van der Waals surface area (Å²) in [5.74, 6) is -1.02. The number of pyridine rings is 1. The number of aromatic nitrogens is 1. The molecule has 0 fully saturated rings. The van der Waals surface area contributed by atoms with Crippen molar-refractivity contribution in [1.29, 1.82) is 0 Å². The molecule has 0 bridgehead atoms. The number of nitrogens with one attached hydrogen (secondary N) is 1. The van der Waals surface area contributed by atoms with E-state index in [1.165, 1.54) is 11.3 Å². The predicted octanol–water partition coefficient (Wildman–Crippen LogP) is 5.09. The fraction of sp³-hybridized carbons (Fsp3) is 0.154. The Labute approximate surface area is 208 Å². The number of hydrogen-bond donors (Lipinski definition) is 2. The molecule has 0 saturated carbocycles. The molecule has 1 aliphatic rings. The number of H-pyrrole nitrogens is 1. The Balaban J connectivity index is 1.70. The summed E-state index contributed by atoms with van der Waals surface area (Å²) in [4.78, 5) is 40.4. The van der Waals surface area contributed by atoms with E-state index in [1.807, 2.05) is 48.5 Å². The minimum absolute atomic E-state index is 0.212. The number of carboxylic acids is 1. The summed E-state index contributed by atoms with van der Waals surface area (Å²) >= 11 is 3.52. The van der Waals surface area contributed by atoms with Crippen LogP contribution < -0.4 is 5.56 Å². The number of fused-ring (bicyclic) bond motifs is 1. The van der Waals surface area contributed by atoms with Crippen LogP contribution in [0.4, 0.5) is 0 Å². The molecule has 5 rings (SSSR count). The van der Waals surface area contributed by atoms with Crippen LogP contribution in [0.2, 0.25) is 0 Å². The monoisotopic (exact) mass is 533 g/mol. The fourth-order valence-electron chi connectivity index (χ4n) is 4.37. The Bertz CT molecular complexity index is 1510. The average Bonchev–Trinajstić information content (AvgIpc) is 3.53. The van der Waals surface area contributed by atoms with Gasteiger partial charge in [0.1, 0.15) is 11.8 Å². The van der Waals surface area contributed by atoms with Crippen molar-refractivity contribution < 1.29 is 19.1 Å². The van der Waals surface area contributed by atoms with Crippen molar-refractivity contribution in [3.05, 3.63) is 93.1 Å². The quantitative estimate of drug-likeness (QED) is 0.358. The number of carbonyl (C=O) groups excluding carboxylic acids is 1. The van der Waals surface area contributed by atoms with Crippen LogP contribution in [0.3, 0.4) is 0 Å². The second-order valence-corrected chi connectivity index (χ2v) is 9.09. The first kappa shape index (κ1) is 22.8. The van der Waals surface area contributed by atoms with Crippen LogP contribution in [-0.4, -0.2) is 32.7 Å². The number of hydrogen-bond acceptors (Lipinski definition) is 5. The smallest absolute Gasteiger partial charge is 0.303 e. The highest BCUT2D eigenvalue weighted by Crippen LogP contribution is 2.37. The highest BCUT2D eigenvalue weighted by atomic mass is 79.9. The van der Waals surface area contributed by atoms with Crippen LogP contribution in [0.1, 0.15) is 36.6 Å². The fourth-order valence-corrected chi connectivity index (χ4v) is 4.73. The maximum atomic E-state index is 13.4. The third-order valence-corrected chi connectivity index (χ3v) is 6.41. The second-order valence-electron chi connectivity index (χ2n) is 8.17. The van der Waals surface area contributed by atoms with E-state index in [1.54, 1.807) is 12.1 Å². The molecule has 4 aromatic rings. The van der Waals surface area contributed by atoms with Gasteiger partial charge < -0.3 is 14.5 Å². The first-order valence-corrected chi connectivity index (χ1v) is 11.8. The topological polar surface area (TPSA) is 116 Å². The molecular formula is C26H20BrN3O5. The third kappa shape index (κ3) is 4.42. The standard InChI is InChI=1S/C26H20BrN3O5/c27-16-8-9-18-17(13-16)24(15-5-2-1-3-6-15)25(26(34)28-18)19-14-20(21-7-4-12-35-21)30(29-19)22(31)10-11-23(32)33/h1-9,12-13,20H,10-11,14H2,(H,28,34)(H,32,33). The molecular weight excluding hydrogens is 514 g/mol. The summed E-state index contributed by atoms with van der Waals surface area (Å²) in [5, 5.41) is 15.7. The molecule has 176 valence electrons. The Morgan fingerprint density at radius 3 is 2.60 bits per heavy atom. The molecule has 1 aliphatic heterocycles. The largest absolute Gasteiger partial charge is 0.481 e. The number of hydrazone groups is 1. The number of aliphatic carboxylic acids is 1. The van der Waals surface area contributed by atoms with Crippen molar-refractivity contribution in [3.63, 3.8) is 0 Å². The number of carbonyl (C=O) groups is 2. The highest BCUT2D eigenvalue weighted by molar-refractivity contribution is 9.10. The van der Waals surface area contributed by atoms with Crippen LogP contribution in [-0.2, 0) is 9.59 Å². The minimum atomic E-state index is -1.07. The third-order valence-electron chi connectivity index (χ3n) is 5.92. The number of carboxylic acid groups (broad SMARTS) is 1. The molecule has 0 radical (unpaired) electrons. The first-order chi connectivity index (χ1) is 16.9. The molecule has 0 spiro atoms. The highest BCUT2D eigenvalue weighted by Gasteiger charge is 2.36. The van der Waals surface area contributed by atoms with Crippen molar-refractivity contribution in [2.45, 2.75) is 25.3 Å². The van der Waals surface area contributed by atoms with Gasteiger partial charge in [-0.3, -0.25) is 14.4 Å². The zero-order chi connectivity index (χ0) is 24.5. The lowest BCUT2D eigenvalue weighted by Crippen LogP contribution is -2.27. The van der Waals surface area contributed by atoms with Gasteiger partial charge in [-0.2, -0.15) is 5.10 Å². The molecule has 0 aliphatic carbocycles. The van der Waals surface area contributed by atoms with E-state index in [9.17, 15) is 14.4 Å². The summed E-state index contributed by atoms with van der Waals surface area (Å²) < 4.78 is 6.42. The van der Waals surface area contributed by atoms with E-state index in [0.717, 1.165) is 15.4 Å². The SMILES string of the molecule is O=C(O)CCC(=O)N1N=C(c2c(-c3ccccc3)c3cc(Br)ccc3[nH]c2=O)CC1c1ccco1. The van der Waals surface area contributed by atoms with Crippen molar-refractivity contribution in [2.24, 2.45) is 5.10 Å². The molecule has 1 unspecified atom stereocenters. The van der Waals surface area contributed by atoms with E-state index in [4.69, 9.17) is 9.52 Å². The zero-order valence-electron chi connectivity index (χ0n) is 18.4. The van der Waals surface area contributed by atoms with Crippen LogP contribution in [0.15, 0.2) is 85.7 Å². The van der Waals surface area contributed by atoms with Crippen LogP contribution in [0, 0.1) is 0 Å². The molecule has 1 atom stereocenters. The van der Waals surface area contributed by atoms with E-state index in [0.29, 0.717) is 28.1 Å². The lowest BCUT2D eigenvalue weighted by atomic mass is 9.92. The lowest BCUT2D eigenvalue weighted by Gasteiger charge is -2.19. The molecule has 2 N–H and O–H groups in total. The number of amides is 1. The molecule has 2 aromatic carbocycles. The maximum Gasteiger partial charge on any atom is 0.303 e. The van der Waals surface area contributed by atoms with Crippen LogP contribution >= 0.6 is 15.9 Å². The Morgan fingerprint density at radius 2 is 1.89 bits per heavy atom. The first-order valence-electron chi connectivity index (χ1n) is 11.0. The van der Waals surface area contributed by atoms with Gasteiger partial charge >= 0.3 is 5.97 Å². The van der Waals surface area contributed by atoms with E-state index >= 15 is 0 Å². The zero-order valence-corrected chi connectivity index (χ0v) is 20.0. The van der Waals surface area contributed by atoms with Gasteiger partial charge in [-0.05, 0) is 35.9 Å². The summed E-state index contributed by atoms with van der Waals surface area (Å²) in [6.45, 7) is 0. The summed E-state index contributed by atoms with van der Waals surface area (Å²) in [5.41, 5.74) is 2.70. The molecule has 8 nitrogen and oxygen atoms in total. The van der Waals surface area contributed by atoms with Crippen molar-refractivity contribution in [3.8, 4) is 11.1 Å². The number of nitrogens with zero attached hydrogens (tertiary/aromatic N) is 2.